The van der Waals surface area contributed by atoms with Gasteiger partial charge in [-0.1, -0.05) is 12.1 Å². The molecule has 0 saturated heterocycles. The maximum absolute atomic E-state index is 13.5. The van der Waals surface area contributed by atoms with Gasteiger partial charge in [0.2, 0.25) is 5.82 Å². The molecule has 0 aliphatic carbocycles. The molecule has 80 valence electrons. The second-order valence-electron chi connectivity index (χ2n) is 3.49. The first kappa shape index (κ1) is 9.15. The van der Waals surface area contributed by atoms with Crippen molar-refractivity contribution in [3.05, 3.63) is 42.0 Å². The molecule has 2 nitrogen and oxygen atoms in total. The number of hydrogen-bond acceptors (Lipinski definition) is 2. The minimum Gasteiger partial charge on any atom is -0.505 e. The minimum atomic E-state index is -0.867. The highest BCUT2D eigenvalue weighted by Crippen LogP contribution is 2.34. The van der Waals surface area contributed by atoms with E-state index >= 15 is 0 Å². The molecule has 1 N–H and O–H groups in total. The molecule has 16 heavy (non-hydrogen) atoms. The zero-order chi connectivity index (χ0) is 11.3. The molecule has 0 bridgehead atoms. The Hall–Kier alpha value is -2.10. The fourth-order valence-electron chi connectivity index (χ4n) is 1.78. The van der Waals surface area contributed by atoms with E-state index in [1.54, 1.807) is 6.07 Å². The number of rotatable bonds is 0. The van der Waals surface area contributed by atoms with Crippen LogP contribution in [0, 0.1) is 11.6 Å². The average molecular weight is 220 g/mol. The second kappa shape index (κ2) is 2.95. The first-order valence-electron chi connectivity index (χ1n) is 4.66. The van der Waals surface area contributed by atoms with Gasteiger partial charge in [0.15, 0.2) is 22.7 Å². The summed E-state index contributed by atoms with van der Waals surface area (Å²) in [7, 11) is 0. The van der Waals surface area contributed by atoms with Crippen molar-refractivity contribution in [3.8, 4) is 5.75 Å². The van der Waals surface area contributed by atoms with Crippen molar-refractivity contribution in [1.82, 2.24) is 0 Å². The third kappa shape index (κ3) is 1.04. The molecule has 2 aromatic carbocycles. The molecule has 0 unspecified atom stereocenters. The number of halogens is 2. The molecule has 4 heteroatoms. The van der Waals surface area contributed by atoms with Crippen LogP contribution in [0.4, 0.5) is 8.78 Å². The number of hydrogen-bond donors (Lipinski definition) is 1. The number of aromatic hydroxyl groups is 1. The Morgan fingerprint density at radius 2 is 1.69 bits per heavy atom. The zero-order valence-electron chi connectivity index (χ0n) is 8.00. The van der Waals surface area contributed by atoms with Gasteiger partial charge in [-0.2, -0.15) is 4.39 Å². The van der Waals surface area contributed by atoms with E-state index in [1.807, 2.05) is 0 Å². The lowest BCUT2D eigenvalue weighted by atomic mass is 10.1. The van der Waals surface area contributed by atoms with Crippen molar-refractivity contribution < 1.29 is 18.3 Å². The summed E-state index contributed by atoms with van der Waals surface area (Å²) >= 11 is 0. The second-order valence-corrected chi connectivity index (χ2v) is 3.49. The van der Waals surface area contributed by atoms with E-state index in [4.69, 9.17) is 4.42 Å². The molecule has 0 aliphatic heterocycles. The summed E-state index contributed by atoms with van der Waals surface area (Å²) < 4.78 is 32.0. The van der Waals surface area contributed by atoms with Crippen LogP contribution in [-0.4, -0.2) is 5.11 Å². The van der Waals surface area contributed by atoms with E-state index in [2.05, 4.69) is 0 Å². The minimum absolute atomic E-state index is 0.00185. The Balaban J connectivity index is 2.60. The molecule has 0 radical (unpaired) electrons. The van der Waals surface area contributed by atoms with E-state index < -0.39 is 17.4 Å². The molecule has 0 amide bonds. The summed E-state index contributed by atoms with van der Waals surface area (Å²) in [5, 5.41) is 10.1. The van der Waals surface area contributed by atoms with Gasteiger partial charge in [-0.25, -0.2) is 4.39 Å². The Labute approximate surface area is 88.7 Å². The van der Waals surface area contributed by atoms with Gasteiger partial charge >= 0.3 is 0 Å². The molecule has 0 aliphatic rings. The number of phenolic OH excluding ortho intramolecular Hbond substituents is 1. The summed E-state index contributed by atoms with van der Waals surface area (Å²) in [5.41, 5.74) is -0.123. The molecule has 0 saturated carbocycles. The predicted molar refractivity (Wildman–Crippen MR) is 55.3 cm³/mol. The Morgan fingerprint density at radius 3 is 2.50 bits per heavy atom. The van der Waals surface area contributed by atoms with Crippen molar-refractivity contribution in [2.24, 2.45) is 0 Å². The third-order valence-corrected chi connectivity index (χ3v) is 2.54. The van der Waals surface area contributed by atoms with Gasteiger partial charge in [0.1, 0.15) is 0 Å². The molecule has 0 spiro atoms. The summed E-state index contributed by atoms with van der Waals surface area (Å²) in [6, 6.07) is 7.12. The molecule has 0 atom stereocenters. The Bertz CT molecular complexity index is 701. The highest BCUT2D eigenvalue weighted by molar-refractivity contribution is 6.05. The lowest BCUT2D eigenvalue weighted by Gasteiger charge is -1.93. The fraction of sp³-hybridized carbons (Fsp3) is 0. The third-order valence-electron chi connectivity index (χ3n) is 2.54. The number of furan rings is 1. The van der Waals surface area contributed by atoms with Gasteiger partial charge in [0.05, 0.1) is 0 Å². The largest absolute Gasteiger partial charge is 0.505 e. The maximum Gasteiger partial charge on any atom is 0.207 e. The van der Waals surface area contributed by atoms with Crippen LogP contribution in [-0.2, 0) is 0 Å². The number of benzene rings is 2. The highest BCUT2D eigenvalue weighted by Gasteiger charge is 2.15. The molecule has 1 heterocycles. The van der Waals surface area contributed by atoms with Crippen molar-refractivity contribution in [2.45, 2.75) is 0 Å². The first-order valence-corrected chi connectivity index (χ1v) is 4.66. The van der Waals surface area contributed by atoms with Crippen LogP contribution >= 0.6 is 0 Å². The van der Waals surface area contributed by atoms with Crippen molar-refractivity contribution in [3.63, 3.8) is 0 Å². The van der Waals surface area contributed by atoms with Crippen molar-refractivity contribution in [2.75, 3.05) is 0 Å². The summed E-state index contributed by atoms with van der Waals surface area (Å²) in [5.74, 6) is -1.92. The van der Waals surface area contributed by atoms with E-state index in [9.17, 15) is 13.9 Å². The first-order chi connectivity index (χ1) is 7.68. The summed E-state index contributed by atoms with van der Waals surface area (Å²) in [6.07, 6.45) is 0. The number of phenols is 1. The lowest BCUT2D eigenvalue weighted by molar-refractivity contribution is 0.430. The van der Waals surface area contributed by atoms with Gasteiger partial charge in [-0.3, -0.25) is 0 Å². The summed E-state index contributed by atoms with van der Waals surface area (Å²) in [6.45, 7) is 0. The average Bonchev–Trinajstić information content (AvgIpc) is 2.65. The van der Waals surface area contributed by atoms with Gasteiger partial charge in [-0.15, -0.1) is 0 Å². The molecular formula is C12H6F2O2. The van der Waals surface area contributed by atoms with Crippen LogP contribution in [0.2, 0.25) is 0 Å². The quantitative estimate of drug-likeness (QED) is 0.628. The topological polar surface area (TPSA) is 33.4 Å². The Morgan fingerprint density at radius 1 is 0.938 bits per heavy atom. The number of para-hydroxylation sites is 1. The van der Waals surface area contributed by atoms with Crippen LogP contribution in [0.5, 0.6) is 5.75 Å². The van der Waals surface area contributed by atoms with E-state index in [1.165, 1.54) is 24.3 Å². The highest BCUT2D eigenvalue weighted by atomic mass is 19.1. The maximum atomic E-state index is 13.5. The SMILES string of the molecule is Oc1ccc2c(oc3c(F)cccc32)c1F. The van der Waals surface area contributed by atoms with Crippen molar-refractivity contribution in [1.29, 1.82) is 0 Å². The van der Waals surface area contributed by atoms with Gasteiger partial charge in [0.25, 0.3) is 0 Å². The molecule has 3 rings (SSSR count). The fourth-order valence-corrected chi connectivity index (χ4v) is 1.78. The zero-order valence-corrected chi connectivity index (χ0v) is 8.00. The van der Waals surface area contributed by atoms with Gasteiger partial charge < -0.3 is 9.52 Å². The molecular weight excluding hydrogens is 214 g/mol. The van der Waals surface area contributed by atoms with Crippen LogP contribution in [0.1, 0.15) is 0 Å². The van der Waals surface area contributed by atoms with Crippen LogP contribution < -0.4 is 0 Å². The van der Waals surface area contributed by atoms with Crippen LogP contribution in [0.15, 0.2) is 34.7 Å². The van der Waals surface area contributed by atoms with Crippen molar-refractivity contribution >= 4 is 21.9 Å². The van der Waals surface area contributed by atoms with E-state index in [-0.39, 0.29) is 11.2 Å². The van der Waals surface area contributed by atoms with Crippen LogP contribution in [0.3, 0.4) is 0 Å². The molecule has 0 fully saturated rings. The van der Waals surface area contributed by atoms with E-state index in [0.29, 0.717) is 10.8 Å². The standard InChI is InChI=1S/C12H6F2O2/c13-8-3-1-2-6-7-4-5-9(15)10(14)12(7)16-11(6)8/h1-5,15H. The number of fused-ring (bicyclic) bond motifs is 3. The summed E-state index contributed by atoms with van der Waals surface area (Å²) in [4.78, 5) is 0. The smallest absolute Gasteiger partial charge is 0.207 e. The predicted octanol–water partition coefficient (Wildman–Crippen LogP) is 3.57. The van der Waals surface area contributed by atoms with Gasteiger partial charge in [0, 0.05) is 10.8 Å². The van der Waals surface area contributed by atoms with E-state index in [0.717, 1.165) is 0 Å². The van der Waals surface area contributed by atoms with Gasteiger partial charge in [-0.05, 0) is 18.2 Å². The normalized spacial score (nSPS) is 11.4. The van der Waals surface area contributed by atoms with Crippen LogP contribution in [0.25, 0.3) is 21.9 Å². The molecule has 3 aromatic rings. The Kier molecular flexibility index (Phi) is 1.68. The monoisotopic (exact) mass is 220 g/mol. The molecule has 1 aromatic heterocycles. The lowest BCUT2D eigenvalue weighted by Crippen LogP contribution is -1.75.